The van der Waals surface area contributed by atoms with Gasteiger partial charge in [0.1, 0.15) is 11.3 Å². The van der Waals surface area contributed by atoms with Crippen LogP contribution in [0.1, 0.15) is 31.2 Å². The molecule has 4 nitrogen and oxygen atoms in total. The Balaban J connectivity index is 1.89. The molecule has 2 atom stereocenters. The Labute approximate surface area is 120 Å². The molecule has 0 aromatic heterocycles. The number of rotatable bonds is 5. The van der Waals surface area contributed by atoms with Crippen LogP contribution in [-0.2, 0) is 9.53 Å². The van der Waals surface area contributed by atoms with E-state index in [0.29, 0.717) is 13.0 Å². The first-order valence-corrected chi connectivity index (χ1v) is 7.13. The Kier molecular flexibility index (Phi) is 4.65. The average Bonchev–Trinajstić information content (AvgIpc) is 2.81. The van der Waals surface area contributed by atoms with Crippen molar-refractivity contribution in [1.29, 1.82) is 0 Å². The van der Waals surface area contributed by atoms with Crippen LogP contribution >= 0.6 is 0 Å². The highest BCUT2D eigenvalue weighted by atomic mass is 16.5. The van der Waals surface area contributed by atoms with E-state index < -0.39 is 5.54 Å². The van der Waals surface area contributed by atoms with Crippen molar-refractivity contribution in [2.75, 3.05) is 13.7 Å². The van der Waals surface area contributed by atoms with Crippen LogP contribution in [0.4, 0.5) is 0 Å². The van der Waals surface area contributed by atoms with E-state index in [0.717, 1.165) is 25.0 Å². The van der Waals surface area contributed by atoms with Crippen LogP contribution in [-0.4, -0.2) is 25.2 Å². The number of aryl methyl sites for hydroxylation is 1. The normalized spacial score (nSPS) is 25.4. The minimum atomic E-state index is -0.829. The average molecular weight is 277 g/mol. The molecule has 1 aliphatic rings. The summed E-state index contributed by atoms with van der Waals surface area (Å²) in [6.07, 6.45) is 3.41. The van der Waals surface area contributed by atoms with Gasteiger partial charge in [0, 0.05) is 0 Å². The summed E-state index contributed by atoms with van der Waals surface area (Å²) in [5, 5.41) is 0. The van der Waals surface area contributed by atoms with Gasteiger partial charge in [-0.25, -0.2) is 0 Å². The number of hydrogen-bond donors (Lipinski definition) is 1. The second kappa shape index (κ2) is 6.27. The molecule has 110 valence electrons. The highest BCUT2D eigenvalue weighted by Crippen LogP contribution is 2.37. The molecule has 2 N–H and O–H groups in total. The van der Waals surface area contributed by atoms with Crippen molar-refractivity contribution in [1.82, 2.24) is 0 Å². The molecule has 0 saturated heterocycles. The summed E-state index contributed by atoms with van der Waals surface area (Å²) < 4.78 is 10.6. The van der Waals surface area contributed by atoms with Crippen molar-refractivity contribution >= 4 is 5.97 Å². The Morgan fingerprint density at radius 1 is 1.50 bits per heavy atom. The maximum absolute atomic E-state index is 11.8. The van der Waals surface area contributed by atoms with Gasteiger partial charge in [-0.1, -0.05) is 18.6 Å². The zero-order valence-electron chi connectivity index (χ0n) is 12.2. The number of nitrogens with two attached hydrogens (primary N) is 1. The van der Waals surface area contributed by atoms with Crippen LogP contribution in [0.3, 0.4) is 0 Å². The van der Waals surface area contributed by atoms with E-state index in [-0.39, 0.29) is 11.9 Å². The maximum Gasteiger partial charge on any atom is 0.326 e. The maximum atomic E-state index is 11.8. The fourth-order valence-corrected chi connectivity index (χ4v) is 2.99. The molecule has 0 amide bonds. The lowest BCUT2D eigenvalue weighted by molar-refractivity contribution is -0.148. The van der Waals surface area contributed by atoms with E-state index in [2.05, 4.69) is 0 Å². The van der Waals surface area contributed by atoms with Crippen molar-refractivity contribution in [2.45, 2.75) is 38.1 Å². The topological polar surface area (TPSA) is 61.5 Å². The van der Waals surface area contributed by atoms with Gasteiger partial charge < -0.3 is 15.2 Å². The van der Waals surface area contributed by atoms with Crippen LogP contribution < -0.4 is 10.5 Å². The molecule has 0 radical (unpaired) electrons. The second-order valence-electron chi connectivity index (χ2n) is 5.57. The summed E-state index contributed by atoms with van der Waals surface area (Å²) in [6.45, 7) is 2.61. The molecule has 2 unspecified atom stereocenters. The van der Waals surface area contributed by atoms with E-state index >= 15 is 0 Å². The number of hydrogen-bond acceptors (Lipinski definition) is 4. The van der Waals surface area contributed by atoms with Crippen molar-refractivity contribution in [2.24, 2.45) is 11.7 Å². The van der Waals surface area contributed by atoms with E-state index in [4.69, 9.17) is 15.2 Å². The van der Waals surface area contributed by atoms with Gasteiger partial charge in [-0.2, -0.15) is 0 Å². The number of ether oxygens (including phenoxy) is 2. The van der Waals surface area contributed by atoms with Crippen LogP contribution in [0.15, 0.2) is 24.3 Å². The summed E-state index contributed by atoms with van der Waals surface area (Å²) in [4.78, 5) is 11.8. The summed E-state index contributed by atoms with van der Waals surface area (Å²) >= 11 is 0. The highest BCUT2D eigenvalue weighted by molar-refractivity contribution is 5.81. The molecule has 1 aromatic rings. The third-order valence-corrected chi connectivity index (χ3v) is 4.16. The predicted molar refractivity (Wildman–Crippen MR) is 77.6 cm³/mol. The fraction of sp³-hybridized carbons (Fsp3) is 0.562. The standard InChI is InChI=1S/C16H23NO3/c1-12-5-3-7-14(11-12)20-10-8-13-6-4-9-16(13,17)15(18)19-2/h3,5,7,11,13H,4,6,8-10,17H2,1-2H3. The van der Waals surface area contributed by atoms with E-state index in [1.807, 2.05) is 31.2 Å². The van der Waals surface area contributed by atoms with E-state index in [1.165, 1.54) is 12.7 Å². The Morgan fingerprint density at radius 2 is 2.30 bits per heavy atom. The lowest BCUT2D eigenvalue weighted by atomic mass is 9.86. The first kappa shape index (κ1) is 14.9. The third kappa shape index (κ3) is 3.12. The van der Waals surface area contributed by atoms with Gasteiger partial charge in [0.25, 0.3) is 0 Å². The molecule has 20 heavy (non-hydrogen) atoms. The predicted octanol–water partition coefficient (Wildman–Crippen LogP) is 2.43. The molecule has 1 aliphatic carbocycles. The first-order chi connectivity index (χ1) is 9.56. The zero-order valence-corrected chi connectivity index (χ0v) is 12.2. The number of carbonyl (C=O) groups excluding carboxylic acids is 1. The number of methoxy groups -OCH3 is 1. The molecule has 2 rings (SSSR count). The Bertz CT molecular complexity index is 475. The summed E-state index contributed by atoms with van der Waals surface area (Å²) in [6, 6.07) is 7.95. The largest absolute Gasteiger partial charge is 0.494 e. The minimum absolute atomic E-state index is 0.139. The minimum Gasteiger partial charge on any atom is -0.494 e. The monoisotopic (exact) mass is 277 g/mol. The second-order valence-corrected chi connectivity index (χ2v) is 5.57. The zero-order chi connectivity index (χ0) is 14.6. The van der Waals surface area contributed by atoms with Crippen molar-refractivity contribution in [3.05, 3.63) is 29.8 Å². The van der Waals surface area contributed by atoms with Crippen molar-refractivity contribution in [3.63, 3.8) is 0 Å². The molecular weight excluding hydrogens is 254 g/mol. The van der Waals surface area contributed by atoms with Crippen molar-refractivity contribution in [3.8, 4) is 5.75 Å². The van der Waals surface area contributed by atoms with Gasteiger partial charge in [0.05, 0.1) is 13.7 Å². The van der Waals surface area contributed by atoms with Gasteiger partial charge in [-0.05, 0) is 49.8 Å². The quantitative estimate of drug-likeness (QED) is 0.840. The third-order valence-electron chi connectivity index (χ3n) is 4.16. The van der Waals surface area contributed by atoms with Gasteiger partial charge in [0.2, 0.25) is 0 Å². The summed E-state index contributed by atoms with van der Waals surface area (Å²) in [5.41, 5.74) is 6.57. The van der Waals surface area contributed by atoms with Crippen molar-refractivity contribution < 1.29 is 14.3 Å². The molecule has 1 saturated carbocycles. The lowest BCUT2D eigenvalue weighted by Gasteiger charge is -2.28. The number of carbonyl (C=O) groups is 1. The Hall–Kier alpha value is -1.55. The molecular formula is C16H23NO3. The van der Waals surface area contributed by atoms with Gasteiger partial charge in [0.15, 0.2) is 0 Å². The Morgan fingerprint density at radius 3 is 3.00 bits per heavy atom. The molecule has 0 bridgehead atoms. The highest BCUT2D eigenvalue weighted by Gasteiger charge is 2.46. The lowest BCUT2D eigenvalue weighted by Crippen LogP contribution is -2.52. The SMILES string of the molecule is COC(=O)C1(N)CCCC1CCOc1cccc(C)c1. The number of benzene rings is 1. The van der Waals surface area contributed by atoms with Gasteiger partial charge in [-0.15, -0.1) is 0 Å². The van der Waals surface area contributed by atoms with Crippen LogP contribution in [0.5, 0.6) is 5.75 Å². The first-order valence-electron chi connectivity index (χ1n) is 7.13. The summed E-state index contributed by atoms with van der Waals surface area (Å²) in [7, 11) is 1.40. The molecule has 4 heteroatoms. The van der Waals surface area contributed by atoms with Crippen LogP contribution in [0.2, 0.25) is 0 Å². The summed E-state index contributed by atoms with van der Waals surface area (Å²) in [5.74, 6) is 0.707. The van der Waals surface area contributed by atoms with Crippen LogP contribution in [0, 0.1) is 12.8 Å². The number of esters is 1. The molecule has 0 heterocycles. The van der Waals surface area contributed by atoms with E-state index in [1.54, 1.807) is 0 Å². The van der Waals surface area contributed by atoms with Gasteiger partial charge in [-0.3, -0.25) is 4.79 Å². The fourth-order valence-electron chi connectivity index (χ4n) is 2.99. The molecule has 0 aliphatic heterocycles. The van der Waals surface area contributed by atoms with Gasteiger partial charge >= 0.3 is 5.97 Å². The van der Waals surface area contributed by atoms with E-state index in [9.17, 15) is 4.79 Å². The molecule has 1 fully saturated rings. The van der Waals surface area contributed by atoms with Crippen LogP contribution in [0.25, 0.3) is 0 Å². The smallest absolute Gasteiger partial charge is 0.326 e. The molecule has 0 spiro atoms. The molecule has 1 aromatic carbocycles.